The highest BCUT2D eigenvalue weighted by Crippen LogP contribution is 2.24. The van der Waals surface area contributed by atoms with Crippen molar-refractivity contribution in [1.82, 2.24) is 5.32 Å². The van der Waals surface area contributed by atoms with Gasteiger partial charge in [-0.25, -0.2) is 4.39 Å². The minimum Gasteiger partial charge on any atom is -0.496 e. The Labute approximate surface area is 123 Å². The molecule has 6 heteroatoms. The van der Waals surface area contributed by atoms with Gasteiger partial charge in [-0.3, -0.25) is 9.59 Å². The van der Waals surface area contributed by atoms with Crippen LogP contribution >= 0.6 is 0 Å². The van der Waals surface area contributed by atoms with Crippen LogP contribution < -0.4 is 10.1 Å². The molecule has 0 saturated carbocycles. The van der Waals surface area contributed by atoms with Crippen LogP contribution in [0.4, 0.5) is 4.39 Å². The van der Waals surface area contributed by atoms with Gasteiger partial charge in [0.05, 0.1) is 24.6 Å². The minimum atomic E-state index is -1.02. The molecule has 1 aromatic rings. The third-order valence-corrected chi connectivity index (χ3v) is 3.60. The Morgan fingerprint density at radius 2 is 2.05 bits per heavy atom. The second-order valence-corrected chi connectivity index (χ2v) is 5.44. The fourth-order valence-corrected chi connectivity index (χ4v) is 1.89. The van der Waals surface area contributed by atoms with Gasteiger partial charge in [-0.2, -0.15) is 0 Å². The summed E-state index contributed by atoms with van der Waals surface area (Å²) < 4.78 is 18.3. The first-order valence-electron chi connectivity index (χ1n) is 6.57. The number of methoxy groups -OCH3 is 1. The Morgan fingerprint density at radius 1 is 1.43 bits per heavy atom. The van der Waals surface area contributed by atoms with Crippen LogP contribution in [0, 0.1) is 11.7 Å². The standard InChI is InChI=1S/C15H20FNO4/c1-9(2)15(3,8-13(18)19)17-14(20)11-7-10(16)5-6-12(11)21-4/h5-7,9H,8H2,1-4H3,(H,17,20)(H,18,19). The molecule has 1 unspecified atom stereocenters. The van der Waals surface area contributed by atoms with Crippen molar-refractivity contribution in [2.45, 2.75) is 32.7 Å². The van der Waals surface area contributed by atoms with Crippen molar-refractivity contribution < 1.29 is 23.8 Å². The molecule has 5 nitrogen and oxygen atoms in total. The maximum atomic E-state index is 13.3. The molecule has 1 atom stereocenters. The smallest absolute Gasteiger partial charge is 0.305 e. The van der Waals surface area contributed by atoms with Gasteiger partial charge in [0.2, 0.25) is 0 Å². The van der Waals surface area contributed by atoms with Crippen LogP contribution in [0.2, 0.25) is 0 Å². The molecular weight excluding hydrogens is 277 g/mol. The van der Waals surface area contributed by atoms with Gasteiger partial charge in [0.15, 0.2) is 0 Å². The van der Waals surface area contributed by atoms with Crippen molar-refractivity contribution in [3.8, 4) is 5.75 Å². The predicted octanol–water partition coefficient (Wildman–Crippen LogP) is 2.45. The maximum absolute atomic E-state index is 13.3. The van der Waals surface area contributed by atoms with Gasteiger partial charge in [0.25, 0.3) is 5.91 Å². The van der Waals surface area contributed by atoms with Crippen LogP contribution in [0.15, 0.2) is 18.2 Å². The summed E-state index contributed by atoms with van der Waals surface area (Å²) in [6, 6.07) is 3.61. The third-order valence-electron chi connectivity index (χ3n) is 3.60. The average Bonchev–Trinajstić information content (AvgIpc) is 2.37. The number of ether oxygens (including phenoxy) is 1. The minimum absolute atomic E-state index is 0.0368. The Bertz CT molecular complexity index is 544. The van der Waals surface area contributed by atoms with Crippen molar-refractivity contribution in [3.05, 3.63) is 29.6 Å². The van der Waals surface area contributed by atoms with Gasteiger partial charge in [-0.15, -0.1) is 0 Å². The van der Waals surface area contributed by atoms with E-state index in [0.717, 1.165) is 6.07 Å². The number of rotatable bonds is 6. The van der Waals surface area contributed by atoms with E-state index in [0.29, 0.717) is 0 Å². The zero-order valence-electron chi connectivity index (χ0n) is 12.6. The Morgan fingerprint density at radius 3 is 2.52 bits per heavy atom. The molecule has 0 aliphatic heterocycles. The zero-order valence-corrected chi connectivity index (χ0v) is 12.6. The lowest BCUT2D eigenvalue weighted by Crippen LogP contribution is -2.51. The summed E-state index contributed by atoms with van der Waals surface area (Å²) in [5, 5.41) is 11.7. The van der Waals surface area contributed by atoms with Gasteiger partial charge >= 0.3 is 5.97 Å². The Kier molecular flexibility index (Phi) is 5.29. The summed E-state index contributed by atoms with van der Waals surface area (Å²) in [6.07, 6.45) is -0.228. The van der Waals surface area contributed by atoms with Crippen LogP contribution in [0.25, 0.3) is 0 Å². The van der Waals surface area contributed by atoms with Gasteiger partial charge in [0.1, 0.15) is 11.6 Å². The Hall–Kier alpha value is -2.11. The van der Waals surface area contributed by atoms with Gasteiger partial charge in [-0.05, 0) is 31.0 Å². The summed E-state index contributed by atoms with van der Waals surface area (Å²) >= 11 is 0. The molecular formula is C15H20FNO4. The molecule has 2 N–H and O–H groups in total. The van der Waals surface area contributed by atoms with Crippen molar-refractivity contribution in [2.24, 2.45) is 5.92 Å². The molecule has 0 fully saturated rings. The van der Waals surface area contributed by atoms with E-state index in [1.54, 1.807) is 6.92 Å². The number of carbonyl (C=O) groups excluding carboxylic acids is 1. The second kappa shape index (κ2) is 6.56. The molecule has 116 valence electrons. The van der Waals surface area contributed by atoms with Crippen molar-refractivity contribution in [2.75, 3.05) is 7.11 Å². The monoisotopic (exact) mass is 297 g/mol. The number of carboxylic acid groups (broad SMARTS) is 1. The highest BCUT2D eigenvalue weighted by molar-refractivity contribution is 5.97. The number of carbonyl (C=O) groups is 2. The summed E-state index contributed by atoms with van der Waals surface area (Å²) in [5.74, 6) is -2.03. The molecule has 0 heterocycles. The lowest BCUT2D eigenvalue weighted by Gasteiger charge is -2.33. The first kappa shape index (κ1) is 16.9. The molecule has 0 saturated heterocycles. The zero-order chi connectivity index (χ0) is 16.2. The van der Waals surface area contributed by atoms with E-state index in [1.165, 1.54) is 19.2 Å². The normalized spacial score (nSPS) is 13.6. The topological polar surface area (TPSA) is 75.6 Å². The highest BCUT2D eigenvalue weighted by atomic mass is 19.1. The molecule has 0 aliphatic rings. The lowest BCUT2D eigenvalue weighted by molar-refractivity contribution is -0.138. The number of carboxylic acids is 1. The van der Waals surface area contributed by atoms with Crippen LogP contribution in [0.1, 0.15) is 37.6 Å². The highest BCUT2D eigenvalue weighted by Gasteiger charge is 2.33. The number of nitrogens with one attached hydrogen (secondary N) is 1. The molecule has 0 spiro atoms. The summed E-state index contributed by atoms with van der Waals surface area (Å²) in [5.41, 5.74) is -0.907. The van der Waals surface area contributed by atoms with Crippen LogP contribution in [0.3, 0.4) is 0 Å². The van der Waals surface area contributed by atoms with Crippen LogP contribution in [0.5, 0.6) is 5.75 Å². The first-order chi connectivity index (χ1) is 9.69. The fraction of sp³-hybridized carbons (Fsp3) is 0.467. The number of halogens is 1. The molecule has 0 aromatic heterocycles. The van der Waals surface area contributed by atoms with Gasteiger partial charge < -0.3 is 15.2 Å². The number of amides is 1. The van der Waals surface area contributed by atoms with Crippen LogP contribution in [-0.4, -0.2) is 29.6 Å². The molecule has 0 aliphatic carbocycles. The molecule has 0 radical (unpaired) electrons. The number of benzene rings is 1. The number of aliphatic carboxylic acids is 1. The predicted molar refractivity (Wildman–Crippen MR) is 75.9 cm³/mol. The summed E-state index contributed by atoms with van der Waals surface area (Å²) in [4.78, 5) is 23.3. The van der Waals surface area contributed by atoms with E-state index in [1.807, 2.05) is 13.8 Å². The molecule has 1 aromatic carbocycles. The first-order valence-corrected chi connectivity index (χ1v) is 6.57. The maximum Gasteiger partial charge on any atom is 0.305 e. The molecule has 0 bridgehead atoms. The molecule has 1 amide bonds. The largest absolute Gasteiger partial charge is 0.496 e. The second-order valence-electron chi connectivity index (χ2n) is 5.44. The van der Waals surface area contributed by atoms with Crippen molar-refractivity contribution in [1.29, 1.82) is 0 Å². The summed E-state index contributed by atoms with van der Waals surface area (Å²) in [7, 11) is 1.38. The van der Waals surface area contributed by atoms with Crippen molar-refractivity contribution in [3.63, 3.8) is 0 Å². The molecule has 21 heavy (non-hydrogen) atoms. The van der Waals surface area contributed by atoms with E-state index >= 15 is 0 Å². The Balaban J connectivity index is 3.08. The van der Waals surface area contributed by atoms with Gasteiger partial charge in [0, 0.05) is 0 Å². The quantitative estimate of drug-likeness (QED) is 0.845. The van der Waals surface area contributed by atoms with Crippen molar-refractivity contribution >= 4 is 11.9 Å². The fourth-order valence-electron chi connectivity index (χ4n) is 1.89. The van der Waals surface area contributed by atoms with E-state index in [-0.39, 0.29) is 23.7 Å². The van der Waals surface area contributed by atoms with E-state index in [2.05, 4.69) is 5.32 Å². The lowest BCUT2D eigenvalue weighted by atomic mass is 9.85. The third kappa shape index (κ3) is 4.18. The average molecular weight is 297 g/mol. The SMILES string of the molecule is COc1ccc(F)cc1C(=O)NC(C)(CC(=O)O)C(C)C. The van der Waals surface area contributed by atoms with E-state index < -0.39 is 23.2 Å². The van der Waals surface area contributed by atoms with E-state index in [4.69, 9.17) is 9.84 Å². The van der Waals surface area contributed by atoms with E-state index in [9.17, 15) is 14.0 Å². The number of hydrogen-bond acceptors (Lipinski definition) is 3. The van der Waals surface area contributed by atoms with Gasteiger partial charge in [-0.1, -0.05) is 13.8 Å². The number of hydrogen-bond donors (Lipinski definition) is 2. The summed E-state index contributed by atoms with van der Waals surface area (Å²) in [6.45, 7) is 5.27. The van der Waals surface area contributed by atoms with Crippen LogP contribution in [-0.2, 0) is 4.79 Å². The molecule has 1 rings (SSSR count).